The third kappa shape index (κ3) is 4.59. The molecule has 6 heteroatoms. The second kappa shape index (κ2) is 10.2. The van der Waals surface area contributed by atoms with E-state index in [1.807, 2.05) is 19.1 Å². The molecule has 0 saturated heterocycles. The molecule has 200 valence electrons. The average molecular weight is 535 g/mol. The van der Waals surface area contributed by atoms with Crippen LogP contribution in [-0.4, -0.2) is 33.3 Å². The molecule has 1 unspecified atom stereocenters. The van der Waals surface area contributed by atoms with E-state index in [2.05, 4.69) is 30.3 Å². The van der Waals surface area contributed by atoms with Gasteiger partial charge >= 0.3 is 5.97 Å². The second-order valence-corrected chi connectivity index (χ2v) is 11.9. The van der Waals surface area contributed by atoms with Crippen molar-refractivity contribution in [1.29, 1.82) is 0 Å². The maximum atomic E-state index is 12.1. The number of esters is 1. The van der Waals surface area contributed by atoms with Crippen LogP contribution in [0.3, 0.4) is 0 Å². The number of rotatable bonds is 8. The highest BCUT2D eigenvalue weighted by molar-refractivity contribution is 6.34. The number of benzene rings is 3. The van der Waals surface area contributed by atoms with Gasteiger partial charge in [0.2, 0.25) is 0 Å². The van der Waals surface area contributed by atoms with Crippen molar-refractivity contribution in [1.82, 2.24) is 0 Å². The van der Waals surface area contributed by atoms with E-state index in [-0.39, 0.29) is 18.5 Å². The summed E-state index contributed by atoms with van der Waals surface area (Å²) in [5.74, 6) is 2.92. The predicted octanol–water partition coefficient (Wildman–Crippen LogP) is 7.76. The fraction of sp³-hybridized carbons (Fsp3) is 0.469. The quantitative estimate of drug-likeness (QED) is 0.218. The van der Waals surface area contributed by atoms with Crippen LogP contribution in [0.2, 0.25) is 5.02 Å². The zero-order valence-corrected chi connectivity index (χ0v) is 23.1. The minimum atomic E-state index is -0.435. The summed E-state index contributed by atoms with van der Waals surface area (Å²) in [7, 11) is 3.00. The standard InChI is InChI=1S/C32H35ClO5/c1-19(35-2)37-18-38-30-13-23-5-4-6-25(24-7-8-26(29(33)12-24)31(34)36-3)27(23)14-28(30)32-15-20-9-21(16-32)11-22(10-20)17-32/h4-8,12-14,19-22H,9-11,15-18H2,1-3H3. The lowest BCUT2D eigenvalue weighted by Crippen LogP contribution is -2.48. The van der Waals surface area contributed by atoms with Crippen LogP contribution in [0, 0.1) is 17.8 Å². The smallest absolute Gasteiger partial charge is 0.339 e. The topological polar surface area (TPSA) is 54.0 Å². The van der Waals surface area contributed by atoms with Crippen molar-refractivity contribution in [3.05, 3.63) is 64.7 Å². The fourth-order valence-corrected chi connectivity index (χ4v) is 8.01. The van der Waals surface area contributed by atoms with Gasteiger partial charge in [0, 0.05) is 12.7 Å². The average Bonchev–Trinajstić information content (AvgIpc) is 2.91. The lowest BCUT2D eigenvalue weighted by molar-refractivity contribution is -0.150. The van der Waals surface area contributed by atoms with Gasteiger partial charge in [-0.1, -0.05) is 35.9 Å². The van der Waals surface area contributed by atoms with Crippen LogP contribution in [0.1, 0.15) is 61.4 Å². The summed E-state index contributed by atoms with van der Waals surface area (Å²) < 4.78 is 22.2. The Bertz CT molecular complexity index is 1330. The first kappa shape index (κ1) is 25.7. The zero-order chi connectivity index (χ0) is 26.4. The van der Waals surface area contributed by atoms with Gasteiger partial charge in [0.05, 0.1) is 17.7 Å². The van der Waals surface area contributed by atoms with Gasteiger partial charge in [0.15, 0.2) is 13.1 Å². The molecule has 1 atom stereocenters. The Morgan fingerprint density at radius 3 is 2.34 bits per heavy atom. The molecule has 3 aromatic rings. The molecule has 4 aliphatic carbocycles. The zero-order valence-electron chi connectivity index (χ0n) is 22.3. The molecule has 0 aromatic heterocycles. The van der Waals surface area contributed by atoms with Gasteiger partial charge in [-0.15, -0.1) is 0 Å². The maximum absolute atomic E-state index is 12.1. The molecule has 0 heterocycles. The van der Waals surface area contributed by atoms with Crippen molar-refractivity contribution in [3.8, 4) is 16.9 Å². The van der Waals surface area contributed by atoms with Crippen molar-refractivity contribution in [3.63, 3.8) is 0 Å². The number of hydrogen-bond donors (Lipinski definition) is 0. The molecular formula is C32H35ClO5. The van der Waals surface area contributed by atoms with Gasteiger partial charge < -0.3 is 18.9 Å². The predicted molar refractivity (Wildman–Crippen MR) is 149 cm³/mol. The Hall–Kier alpha value is -2.60. The molecule has 4 aliphatic rings. The van der Waals surface area contributed by atoms with E-state index in [9.17, 15) is 4.79 Å². The van der Waals surface area contributed by atoms with E-state index in [4.69, 9.17) is 30.5 Å². The fourth-order valence-electron chi connectivity index (χ4n) is 7.75. The summed E-state index contributed by atoms with van der Waals surface area (Å²) in [6.45, 7) is 2.01. The van der Waals surface area contributed by atoms with Gasteiger partial charge in [-0.05, 0) is 115 Å². The Morgan fingerprint density at radius 2 is 1.71 bits per heavy atom. The maximum Gasteiger partial charge on any atom is 0.339 e. The van der Waals surface area contributed by atoms with Crippen molar-refractivity contribution in [2.24, 2.45) is 17.8 Å². The molecule has 0 amide bonds. The third-order valence-electron chi connectivity index (χ3n) is 9.12. The van der Waals surface area contributed by atoms with Crippen molar-refractivity contribution >= 4 is 28.3 Å². The number of ether oxygens (including phenoxy) is 4. The van der Waals surface area contributed by atoms with Gasteiger partial charge in [-0.2, -0.15) is 0 Å². The van der Waals surface area contributed by atoms with Crippen molar-refractivity contribution < 1.29 is 23.7 Å². The number of hydrogen-bond acceptors (Lipinski definition) is 5. The van der Waals surface area contributed by atoms with E-state index in [0.29, 0.717) is 10.6 Å². The van der Waals surface area contributed by atoms with Crippen LogP contribution >= 0.6 is 11.6 Å². The molecular weight excluding hydrogens is 500 g/mol. The largest absolute Gasteiger partial charge is 0.467 e. The highest BCUT2D eigenvalue weighted by Gasteiger charge is 2.52. The minimum absolute atomic E-state index is 0.143. The first-order valence-electron chi connectivity index (χ1n) is 13.6. The van der Waals surface area contributed by atoms with E-state index in [1.165, 1.54) is 56.6 Å². The summed E-state index contributed by atoms with van der Waals surface area (Å²) >= 11 is 6.52. The van der Waals surface area contributed by atoms with Crippen LogP contribution in [0.25, 0.3) is 21.9 Å². The Labute approximate surface area is 229 Å². The van der Waals surface area contributed by atoms with Crippen LogP contribution in [-0.2, 0) is 19.6 Å². The lowest BCUT2D eigenvalue weighted by Gasteiger charge is -2.57. The highest BCUT2D eigenvalue weighted by Crippen LogP contribution is 2.62. The molecule has 0 spiro atoms. The first-order chi connectivity index (χ1) is 18.4. The van der Waals surface area contributed by atoms with E-state index in [1.54, 1.807) is 13.2 Å². The number of carbonyl (C=O) groups excluding carboxylic acids is 1. The molecule has 38 heavy (non-hydrogen) atoms. The van der Waals surface area contributed by atoms with Crippen LogP contribution < -0.4 is 4.74 Å². The van der Waals surface area contributed by atoms with Crippen LogP contribution in [0.4, 0.5) is 0 Å². The molecule has 3 aromatic carbocycles. The van der Waals surface area contributed by atoms with Crippen LogP contribution in [0.15, 0.2) is 48.5 Å². The molecule has 7 rings (SSSR count). The summed E-state index contributed by atoms with van der Waals surface area (Å²) in [6, 6.07) is 16.4. The Kier molecular flexibility index (Phi) is 6.88. The molecule has 4 saturated carbocycles. The van der Waals surface area contributed by atoms with Gasteiger partial charge in [-0.3, -0.25) is 0 Å². The third-order valence-corrected chi connectivity index (χ3v) is 9.44. The summed E-state index contributed by atoms with van der Waals surface area (Å²) in [5.41, 5.74) is 3.87. The monoisotopic (exact) mass is 534 g/mol. The van der Waals surface area contributed by atoms with Crippen molar-refractivity contribution in [2.75, 3.05) is 21.0 Å². The Balaban J connectivity index is 1.46. The second-order valence-electron chi connectivity index (χ2n) is 11.5. The summed E-state index contributed by atoms with van der Waals surface area (Å²) in [5, 5.41) is 2.65. The molecule has 4 fully saturated rings. The van der Waals surface area contributed by atoms with E-state index in [0.717, 1.165) is 40.0 Å². The van der Waals surface area contributed by atoms with Crippen molar-refractivity contribution in [2.45, 2.75) is 57.2 Å². The summed E-state index contributed by atoms with van der Waals surface area (Å²) in [6.07, 6.45) is 7.52. The highest BCUT2D eigenvalue weighted by atomic mass is 35.5. The normalized spacial score (nSPS) is 26.5. The van der Waals surface area contributed by atoms with Gasteiger partial charge in [0.1, 0.15) is 5.75 Å². The molecule has 0 N–H and O–H groups in total. The summed E-state index contributed by atoms with van der Waals surface area (Å²) in [4.78, 5) is 12.1. The number of halogens is 1. The SMILES string of the molecule is COC(=O)c1ccc(-c2cccc3cc(OCOC(C)OC)c(C45CC6CC(CC(C6)C4)C5)cc23)cc1Cl. The number of fused-ring (bicyclic) bond motifs is 1. The van der Waals surface area contributed by atoms with Gasteiger partial charge in [0.25, 0.3) is 0 Å². The molecule has 4 bridgehead atoms. The minimum Gasteiger partial charge on any atom is -0.467 e. The molecule has 0 aliphatic heterocycles. The molecule has 5 nitrogen and oxygen atoms in total. The first-order valence-corrected chi connectivity index (χ1v) is 14.0. The Morgan fingerprint density at radius 1 is 1.00 bits per heavy atom. The van der Waals surface area contributed by atoms with Crippen LogP contribution in [0.5, 0.6) is 5.75 Å². The lowest BCUT2D eigenvalue weighted by atomic mass is 9.48. The van der Waals surface area contributed by atoms with E-state index < -0.39 is 5.97 Å². The van der Waals surface area contributed by atoms with E-state index >= 15 is 0 Å². The molecule has 0 radical (unpaired) electrons. The number of methoxy groups -OCH3 is 2. The van der Waals surface area contributed by atoms with Gasteiger partial charge in [-0.25, -0.2) is 4.79 Å². The number of carbonyl (C=O) groups is 1.